The number of hydrogen-bond donors (Lipinski definition) is 1. The number of para-hydroxylation sites is 1. The van der Waals surface area contributed by atoms with Crippen LogP contribution in [0.4, 0.5) is 5.00 Å². The molecular formula is C20H20N4O3S. The van der Waals surface area contributed by atoms with E-state index in [2.05, 4.69) is 15.4 Å². The summed E-state index contributed by atoms with van der Waals surface area (Å²) in [5.41, 5.74) is 1.22. The molecule has 2 heterocycles. The molecule has 1 fully saturated rings. The van der Waals surface area contributed by atoms with Crippen LogP contribution in [0.1, 0.15) is 57.4 Å². The first-order valence-electron chi connectivity index (χ1n) is 9.18. The Hall–Kier alpha value is -3.00. The summed E-state index contributed by atoms with van der Waals surface area (Å²) in [7, 11) is 0. The molecule has 28 heavy (non-hydrogen) atoms. The van der Waals surface area contributed by atoms with Crippen LogP contribution in [-0.4, -0.2) is 33.2 Å². The summed E-state index contributed by atoms with van der Waals surface area (Å²) in [5.74, 6) is 0.317. The number of anilines is 1. The van der Waals surface area contributed by atoms with Gasteiger partial charge in [0.25, 0.3) is 5.91 Å². The zero-order valence-corrected chi connectivity index (χ0v) is 16.5. The predicted molar refractivity (Wildman–Crippen MR) is 106 cm³/mol. The van der Waals surface area contributed by atoms with E-state index in [4.69, 9.17) is 4.74 Å². The summed E-state index contributed by atoms with van der Waals surface area (Å²) in [4.78, 5) is 30.3. The maximum atomic E-state index is 12.8. The molecule has 0 radical (unpaired) electrons. The molecule has 1 aliphatic rings. The maximum absolute atomic E-state index is 12.8. The molecule has 0 spiro atoms. The molecule has 0 bridgehead atoms. The lowest BCUT2D eigenvalue weighted by molar-refractivity contribution is 0.0528. The van der Waals surface area contributed by atoms with Crippen LogP contribution in [-0.2, 0) is 4.74 Å². The van der Waals surface area contributed by atoms with Gasteiger partial charge in [0.1, 0.15) is 10.8 Å². The molecule has 0 atom stereocenters. The minimum Gasteiger partial charge on any atom is -0.462 e. The topological polar surface area (TPSA) is 86.1 Å². The van der Waals surface area contributed by atoms with Gasteiger partial charge in [-0.05, 0) is 44.9 Å². The van der Waals surface area contributed by atoms with Gasteiger partial charge >= 0.3 is 5.97 Å². The molecule has 1 aromatic carbocycles. The Morgan fingerprint density at radius 2 is 2.04 bits per heavy atom. The maximum Gasteiger partial charge on any atom is 0.341 e. The summed E-state index contributed by atoms with van der Waals surface area (Å²) in [6.07, 6.45) is 2.09. The molecule has 7 nitrogen and oxygen atoms in total. The number of nitrogens with zero attached hydrogens (tertiary/aromatic N) is 3. The van der Waals surface area contributed by atoms with Gasteiger partial charge in [-0.3, -0.25) is 4.79 Å². The number of hydrogen-bond acceptors (Lipinski definition) is 6. The second-order valence-electron chi connectivity index (χ2n) is 6.59. The number of esters is 1. The minimum absolute atomic E-state index is 0.0895. The van der Waals surface area contributed by atoms with E-state index in [-0.39, 0.29) is 12.4 Å². The second-order valence-corrected chi connectivity index (χ2v) is 7.85. The molecule has 144 valence electrons. The SMILES string of the molecule is CCOC(=O)c1cc(C)sc1NC(=O)c1nc(C2CC2)n(-c2ccccc2)n1. The van der Waals surface area contributed by atoms with E-state index in [1.54, 1.807) is 17.7 Å². The summed E-state index contributed by atoms with van der Waals surface area (Å²) in [6, 6.07) is 11.4. The number of ether oxygens (including phenoxy) is 1. The van der Waals surface area contributed by atoms with Crippen molar-refractivity contribution in [1.82, 2.24) is 14.8 Å². The fourth-order valence-corrected chi connectivity index (χ4v) is 3.81. The molecule has 2 aromatic heterocycles. The van der Waals surface area contributed by atoms with Crippen LogP contribution in [0, 0.1) is 6.92 Å². The lowest BCUT2D eigenvalue weighted by Crippen LogP contribution is -2.16. The van der Waals surface area contributed by atoms with Gasteiger partial charge in [-0.15, -0.1) is 16.4 Å². The first kappa shape index (κ1) is 18.4. The van der Waals surface area contributed by atoms with Gasteiger partial charge in [-0.1, -0.05) is 18.2 Å². The third kappa shape index (κ3) is 3.68. The van der Waals surface area contributed by atoms with Crippen LogP contribution < -0.4 is 5.32 Å². The number of nitrogens with one attached hydrogen (secondary N) is 1. The Morgan fingerprint density at radius 3 is 2.71 bits per heavy atom. The highest BCUT2D eigenvalue weighted by Crippen LogP contribution is 2.39. The largest absolute Gasteiger partial charge is 0.462 e. The van der Waals surface area contributed by atoms with Gasteiger partial charge in [0.05, 0.1) is 17.9 Å². The van der Waals surface area contributed by atoms with E-state index >= 15 is 0 Å². The van der Waals surface area contributed by atoms with Crippen LogP contribution in [0.25, 0.3) is 5.69 Å². The molecule has 0 aliphatic heterocycles. The van der Waals surface area contributed by atoms with Crippen molar-refractivity contribution in [2.24, 2.45) is 0 Å². The summed E-state index contributed by atoms with van der Waals surface area (Å²) in [5, 5.41) is 7.67. The van der Waals surface area contributed by atoms with Gasteiger partial charge in [0, 0.05) is 10.8 Å². The van der Waals surface area contributed by atoms with Crippen LogP contribution in [0.2, 0.25) is 0 Å². The van der Waals surface area contributed by atoms with Gasteiger partial charge < -0.3 is 10.1 Å². The van der Waals surface area contributed by atoms with Gasteiger partial charge in [0.15, 0.2) is 0 Å². The van der Waals surface area contributed by atoms with Gasteiger partial charge in [-0.2, -0.15) is 0 Å². The van der Waals surface area contributed by atoms with Crippen molar-refractivity contribution in [3.8, 4) is 5.69 Å². The molecule has 1 amide bonds. The fourth-order valence-electron chi connectivity index (χ4n) is 2.91. The first-order valence-corrected chi connectivity index (χ1v) is 9.99. The Labute approximate surface area is 166 Å². The predicted octanol–water partition coefficient (Wildman–Crippen LogP) is 3.94. The third-order valence-corrected chi connectivity index (χ3v) is 5.32. The number of rotatable bonds is 6. The second kappa shape index (κ2) is 7.55. The Kier molecular flexibility index (Phi) is 4.95. The Balaban J connectivity index is 1.62. The van der Waals surface area contributed by atoms with Crippen molar-refractivity contribution >= 4 is 28.2 Å². The van der Waals surface area contributed by atoms with Crippen molar-refractivity contribution in [3.63, 3.8) is 0 Å². The van der Waals surface area contributed by atoms with E-state index in [1.807, 2.05) is 37.3 Å². The highest BCUT2D eigenvalue weighted by molar-refractivity contribution is 7.16. The first-order chi connectivity index (χ1) is 13.6. The highest BCUT2D eigenvalue weighted by Gasteiger charge is 2.32. The van der Waals surface area contributed by atoms with Crippen LogP contribution in [0.15, 0.2) is 36.4 Å². The molecular weight excluding hydrogens is 376 g/mol. The van der Waals surface area contributed by atoms with Crippen LogP contribution in [0.5, 0.6) is 0 Å². The summed E-state index contributed by atoms with van der Waals surface area (Å²) in [6.45, 7) is 3.89. The van der Waals surface area contributed by atoms with E-state index < -0.39 is 11.9 Å². The lowest BCUT2D eigenvalue weighted by atomic mass is 10.3. The number of thiophene rings is 1. The highest BCUT2D eigenvalue weighted by atomic mass is 32.1. The molecule has 8 heteroatoms. The quantitative estimate of drug-likeness (QED) is 0.638. The van der Waals surface area contributed by atoms with Crippen molar-refractivity contribution in [1.29, 1.82) is 0 Å². The monoisotopic (exact) mass is 396 g/mol. The molecule has 4 rings (SSSR count). The van der Waals surface area contributed by atoms with Gasteiger partial charge in [0.2, 0.25) is 5.82 Å². The normalized spacial score (nSPS) is 13.4. The molecule has 1 saturated carbocycles. The number of carbonyl (C=O) groups is 2. The minimum atomic E-state index is -0.455. The zero-order valence-electron chi connectivity index (χ0n) is 15.6. The third-order valence-electron chi connectivity index (χ3n) is 4.36. The van der Waals surface area contributed by atoms with Crippen molar-refractivity contribution < 1.29 is 14.3 Å². The van der Waals surface area contributed by atoms with Crippen molar-refractivity contribution in [3.05, 3.63) is 58.5 Å². The molecule has 1 aliphatic carbocycles. The van der Waals surface area contributed by atoms with E-state index in [0.29, 0.717) is 16.5 Å². The summed E-state index contributed by atoms with van der Waals surface area (Å²) >= 11 is 1.32. The number of amides is 1. The fraction of sp³-hybridized carbons (Fsp3) is 0.300. The van der Waals surface area contributed by atoms with E-state index in [1.165, 1.54) is 11.3 Å². The van der Waals surface area contributed by atoms with Crippen molar-refractivity contribution in [2.75, 3.05) is 11.9 Å². The number of aryl methyl sites for hydroxylation is 1. The molecule has 1 N–H and O–H groups in total. The van der Waals surface area contributed by atoms with Crippen LogP contribution >= 0.6 is 11.3 Å². The smallest absolute Gasteiger partial charge is 0.341 e. The molecule has 0 unspecified atom stereocenters. The molecule has 0 saturated heterocycles. The standard InChI is InChI=1S/C20H20N4O3S/c1-3-27-20(26)15-11-12(2)28-19(15)22-18(25)16-21-17(13-9-10-13)24(23-16)14-7-5-4-6-8-14/h4-8,11,13H,3,9-10H2,1-2H3,(H,22,25). The average molecular weight is 396 g/mol. The van der Waals surface area contributed by atoms with Gasteiger partial charge in [-0.25, -0.2) is 14.5 Å². The average Bonchev–Trinajstić information content (AvgIpc) is 3.33. The Bertz CT molecular complexity index is 1020. The number of benzene rings is 1. The number of carbonyl (C=O) groups excluding carboxylic acids is 2. The zero-order chi connectivity index (χ0) is 19.7. The lowest BCUT2D eigenvalue weighted by Gasteiger charge is -2.04. The Morgan fingerprint density at radius 1 is 1.29 bits per heavy atom. The van der Waals surface area contributed by atoms with E-state index in [0.717, 1.165) is 29.2 Å². The van der Waals surface area contributed by atoms with Crippen LogP contribution in [0.3, 0.4) is 0 Å². The number of aromatic nitrogens is 3. The van der Waals surface area contributed by atoms with Crippen molar-refractivity contribution in [2.45, 2.75) is 32.6 Å². The summed E-state index contributed by atoms with van der Waals surface area (Å²) < 4.78 is 6.81. The van der Waals surface area contributed by atoms with E-state index in [9.17, 15) is 9.59 Å². The molecule has 3 aromatic rings.